The number of ether oxygens (including phenoxy) is 1. The smallest absolute Gasteiger partial charge is 0.322 e. The number of halogens is 2. The van der Waals surface area contributed by atoms with Crippen LogP contribution in [0, 0.1) is 5.82 Å². The summed E-state index contributed by atoms with van der Waals surface area (Å²) in [6.07, 6.45) is 0. The fraction of sp³-hybridized carbons (Fsp3) is 0.250. The summed E-state index contributed by atoms with van der Waals surface area (Å²) < 4.78 is 18.0. The van der Waals surface area contributed by atoms with Crippen LogP contribution in [-0.4, -0.2) is 29.1 Å². The molecule has 0 unspecified atom stereocenters. The average Bonchev–Trinajstić information content (AvgIpc) is 2.38. The van der Waals surface area contributed by atoms with Crippen molar-refractivity contribution in [2.24, 2.45) is 0 Å². The summed E-state index contributed by atoms with van der Waals surface area (Å²) in [5.41, 5.74) is 0.804. The Bertz CT molecular complexity index is 581. The molecule has 2 rings (SSSR count). The van der Waals surface area contributed by atoms with Crippen molar-refractivity contribution in [2.45, 2.75) is 6.54 Å². The van der Waals surface area contributed by atoms with Gasteiger partial charge in [0, 0.05) is 13.6 Å². The maximum atomic E-state index is 13.1. The molecule has 0 spiro atoms. The van der Waals surface area contributed by atoms with E-state index in [2.05, 4.69) is 15.0 Å². The van der Waals surface area contributed by atoms with Crippen molar-refractivity contribution in [3.05, 3.63) is 40.9 Å². The first-order chi connectivity index (χ1) is 9.08. The topological polar surface area (TPSA) is 51.1 Å². The molecule has 100 valence electrons. The Morgan fingerprint density at radius 2 is 2.11 bits per heavy atom. The summed E-state index contributed by atoms with van der Waals surface area (Å²) in [7, 11) is 3.22. The van der Waals surface area contributed by atoms with E-state index in [0.29, 0.717) is 12.5 Å². The number of nitrogens with zero attached hydrogens (tertiary/aromatic N) is 4. The van der Waals surface area contributed by atoms with E-state index in [4.69, 9.17) is 16.3 Å². The number of anilines is 1. The number of hydrogen-bond donors (Lipinski definition) is 0. The van der Waals surface area contributed by atoms with Crippen LogP contribution in [0.1, 0.15) is 5.56 Å². The van der Waals surface area contributed by atoms with Crippen LogP contribution in [0.4, 0.5) is 10.3 Å². The van der Waals surface area contributed by atoms with Crippen molar-refractivity contribution in [1.82, 2.24) is 15.0 Å². The first-order valence-electron chi connectivity index (χ1n) is 5.49. The highest BCUT2D eigenvalue weighted by molar-refractivity contribution is 6.28. The number of hydrogen-bond acceptors (Lipinski definition) is 5. The molecule has 0 saturated carbocycles. The molecule has 0 aliphatic rings. The van der Waals surface area contributed by atoms with Gasteiger partial charge in [-0.2, -0.15) is 15.0 Å². The highest BCUT2D eigenvalue weighted by Crippen LogP contribution is 2.16. The maximum Gasteiger partial charge on any atom is 0.322 e. The molecule has 0 saturated heterocycles. The molecule has 0 fully saturated rings. The van der Waals surface area contributed by atoms with Gasteiger partial charge in [0.1, 0.15) is 5.82 Å². The van der Waals surface area contributed by atoms with Crippen LogP contribution in [0.5, 0.6) is 6.01 Å². The molecule has 1 aromatic carbocycles. The Hall–Kier alpha value is -1.95. The zero-order valence-electron chi connectivity index (χ0n) is 10.5. The number of benzene rings is 1. The second-order valence-electron chi connectivity index (χ2n) is 3.88. The molecule has 19 heavy (non-hydrogen) atoms. The predicted molar refractivity (Wildman–Crippen MR) is 69.9 cm³/mol. The van der Waals surface area contributed by atoms with E-state index < -0.39 is 0 Å². The lowest BCUT2D eigenvalue weighted by Gasteiger charge is -2.17. The lowest BCUT2D eigenvalue weighted by Crippen LogP contribution is -2.19. The Kier molecular flexibility index (Phi) is 4.11. The third-order valence-corrected chi connectivity index (χ3v) is 2.58. The molecule has 0 aliphatic carbocycles. The standard InChI is InChI=1S/C12H12ClFN4O/c1-18(7-8-4-3-5-9(14)6-8)11-15-10(13)16-12(17-11)19-2/h3-6H,7H2,1-2H3. The Balaban J connectivity index is 2.20. The lowest BCUT2D eigenvalue weighted by atomic mass is 10.2. The minimum atomic E-state index is -0.280. The lowest BCUT2D eigenvalue weighted by molar-refractivity contribution is 0.378. The molecule has 0 aliphatic heterocycles. The maximum absolute atomic E-state index is 13.1. The van der Waals surface area contributed by atoms with E-state index in [9.17, 15) is 4.39 Å². The molecular weight excluding hydrogens is 271 g/mol. The van der Waals surface area contributed by atoms with Crippen LogP contribution in [0.3, 0.4) is 0 Å². The van der Waals surface area contributed by atoms with Crippen LogP contribution >= 0.6 is 11.6 Å². The zero-order chi connectivity index (χ0) is 13.8. The molecule has 0 N–H and O–H groups in total. The Morgan fingerprint density at radius 3 is 2.79 bits per heavy atom. The van der Waals surface area contributed by atoms with Gasteiger partial charge in [0.2, 0.25) is 11.2 Å². The summed E-state index contributed by atoms with van der Waals surface area (Å²) in [6, 6.07) is 6.46. The molecule has 0 atom stereocenters. The SMILES string of the molecule is COc1nc(Cl)nc(N(C)Cc2cccc(F)c2)n1. The Morgan fingerprint density at radius 1 is 1.32 bits per heavy atom. The minimum Gasteiger partial charge on any atom is -0.467 e. The van der Waals surface area contributed by atoms with Gasteiger partial charge in [0.25, 0.3) is 0 Å². The molecular formula is C12H12ClFN4O. The van der Waals surface area contributed by atoms with Crippen LogP contribution < -0.4 is 9.64 Å². The molecule has 0 amide bonds. The van der Waals surface area contributed by atoms with Gasteiger partial charge in [-0.25, -0.2) is 4.39 Å². The van der Waals surface area contributed by atoms with Crippen molar-refractivity contribution in [2.75, 3.05) is 19.1 Å². The molecule has 1 heterocycles. The van der Waals surface area contributed by atoms with Gasteiger partial charge in [0.05, 0.1) is 7.11 Å². The van der Waals surface area contributed by atoms with Crippen molar-refractivity contribution in [1.29, 1.82) is 0 Å². The molecule has 5 nitrogen and oxygen atoms in total. The van der Waals surface area contributed by atoms with E-state index in [-0.39, 0.29) is 17.1 Å². The van der Waals surface area contributed by atoms with Crippen molar-refractivity contribution < 1.29 is 9.13 Å². The molecule has 7 heteroatoms. The fourth-order valence-electron chi connectivity index (χ4n) is 1.56. The van der Waals surface area contributed by atoms with Crippen LogP contribution in [-0.2, 0) is 6.54 Å². The van der Waals surface area contributed by atoms with Crippen LogP contribution in [0.25, 0.3) is 0 Å². The predicted octanol–water partition coefficient (Wildman–Crippen LogP) is 2.31. The average molecular weight is 283 g/mol. The molecule has 0 radical (unpaired) electrons. The van der Waals surface area contributed by atoms with Crippen molar-refractivity contribution in [3.8, 4) is 6.01 Å². The van der Waals surface area contributed by atoms with Gasteiger partial charge in [-0.05, 0) is 29.3 Å². The number of methoxy groups -OCH3 is 1. The third-order valence-electron chi connectivity index (χ3n) is 2.41. The molecule has 2 aromatic rings. The minimum absolute atomic E-state index is 0.0490. The second-order valence-corrected chi connectivity index (χ2v) is 4.22. The summed E-state index contributed by atoms with van der Waals surface area (Å²) in [5.74, 6) is 0.0817. The van der Waals surface area contributed by atoms with Crippen LogP contribution in [0.15, 0.2) is 24.3 Å². The van der Waals surface area contributed by atoms with Gasteiger partial charge in [-0.15, -0.1) is 0 Å². The van der Waals surface area contributed by atoms with Gasteiger partial charge in [0.15, 0.2) is 0 Å². The summed E-state index contributed by atoms with van der Waals surface area (Å²) in [5, 5.41) is 0.0490. The third kappa shape index (κ3) is 3.51. The largest absolute Gasteiger partial charge is 0.467 e. The summed E-state index contributed by atoms with van der Waals surface area (Å²) >= 11 is 5.77. The molecule has 1 aromatic heterocycles. The first kappa shape index (κ1) is 13.5. The highest BCUT2D eigenvalue weighted by Gasteiger charge is 2.10. The molecule has 0 bridgehead atoms. The van der Waals surface area contributed by atoms with Gasteiger partial charge in [-0.3, -0.25) is 0 Å². The quantitative estimate of drug-likeness (QED) is 0.861. The van der Waals surface area contributed by atoms with Crippen molar-refractivity contribution >= 4 is 17.5 Å². The second kappa shape index (κ2) is 5.79. The van der Waals surface area contributed by atoms with Gasteiger partial charge >= 0.3 is 6.01 Å². The number of rotatable bonds is 4. The van der Waals surface area contributed by atoms with Gasteiger partial charge in [-0.1, -0.05) is 12.1 Å². The van der Waals surface area contributed by atoms with Crippen LogP contribution in [0.2, 0.25) is 5.28 Å². The monoisotopic (exact) mass is 282 g/mol. The highest BCUT2D eigenvalue weighted by atomic mass is 35.5. The van der Waals surface area contributed by atoms with E-state index in [1.165, 1.54) is 19.2 Å². The van der Waals surface area contributed by atoms with Gasteiger partial charge < -0.3 is 9.64 Å². The zero-order valence-corrected chi connectivity index (χ0v) is 11.2. The summed E-state index contributed by atoms with van der Waals surface area (Å²) in [6.45, 7) is 0.446. The first-order valence-corrected chi connectivity index (χ1v) is 5.87. The van der Waals surface area contributed by atoms with E-state index in [0.717, 1.165) is 5.56 Å². The van der Waals surface area contributed by atoms with E-state index in [1.54, 1.807) is 18.0 Å². The van der Waals surface area contributed by atoms with E-state index >= 15 is 0 Å². The normalized spacial score (nSPS) is 10.3. The fourth-order valence-corrected chi connectivity index (χ4v) is 1.71. The van der Waals surface area contributed by atoms with E-state index in [1.807, 2.05) is 6.07 Å². The Labute approximate surface area is 115 Å². The number of aromatic nitrogens is 3. The van der Waals surface area contributed by atoms with Crippen molar-refractivity contribution in [3.63, 3.8) is 0 Å². The summed E-state index contributed by atoms with van der Waals surface area (Å²) in [4.78, 5) is 13.6.